The molecule has 0 aliphatic carbocycles. The molecule has 0 radical (unpaired) electrons. The molecule has 3 aromatic heterocycles. The molecule has 9 heteroatoms. The van der Waals surface area contributed by atoms with Crippen LogP contribution in [0.1, 0.15) is 30.0 Å². The lowest BCUT2D eigenvalue weighted by atomic mass is 10.3. The molecule has 0 aliphatic heterocycles. The van der Waals surface area contributed by atoms with Crippen LogP contribution in [0.4, 0.5) is 18.9 Å². The summed E-state index contributed by atoms with van der Waals surface area (Å²) < 4.78 is 39.1. The fourth-order valence-electron chi connectivity index (χ4n) is 1.92. The monoisotopic (exact) mass is 394 g/mol. The minimum Gasteiger partial charge on any atom is -0.319 e. The van der Waals surface area contributed by atoms with Crippen LogP contribution < -0.4 is 5.32 Å². The summed E-state index contributed by atoms with van der Waals surface area (Å²) >= 11 is 1.17. The second kappa shape index (κ2) is 9.22. The number of pyridine rings is 2. The fourth-order valence-corrected chi connectivity index (χ4v) is 2.68. The third-order valence-corrected chi connectivity index (χ3v) is 3.95. The van der Waals surface area contributed by atoms with Crippen LogP contribution in [0.5, 0.6) is 0 Å². The number of carbonyl (C=O) groups excluding carboxylic acids is 1. The van der Waals surface area contributed by atoms with Gasteiger partial charge in [0.05, 0.1) is 5.69 Å². The number of nitrogens with zero attached hydrogens (tertiary/aromatic N) is 3. The van der Waals surface area contributed by atoms with E-state index < -0.39 is 11.9 Å². The van der Waals surface area contributed by atoms with E-state index in [0.717, 1.165) is 12.3 Å². The van der Waals surface area contributed by atoms with Gasteiger partial charge in [-0.05, 0) is 42.3 Å². The molecule has 0 atom stereocenters. The van der Waals surface area contributed by atoms with Gasteiger partial charge < -0.3 is 5.32 Å². The molecule has 1 amide bonds. The zero-order chi connectivity index (χ0) is 19.9. The first kappa shape index (κ1) is 20.5. The SMILES string of the molecule is CC.O=C(Nc1ccn(Sc2ccc(C(F)(F)F)nc2)c1)c1ccccn1. The lowest BCUT2D eigenvalue weighted by Gasteiger charge is -2.06. The summed E-state index contributed by atoms with van der Waals surface area (Å²) in [5.41, 5.74) is -0.106. The number of hydrogen-bond donors (Lipinski definition) is 1. The lowest BCUT2D eigenvalue weighted by molar-refractivity contribution is -0.141. The number of carbonyl (C=O) groups is 1. The van der Waals surface area contributed by atoms with Gasteiger partial charge >= 0.3 is 6.18 Å². The van der Waals surface area contributed by atoms with Crippen molar-refractivity contribution < 1.29 is 18.0 Å². The number of rotatable bonds is 4. The molecule has 1 N–H and O–H groups in total. The Balaban J connectivity index is 0.00000126. The lowest BCUT2D eigenvalue weighted by Crippen LogP contribution is -2.12. The second-order valence-corrected chi connectivity index (χ2v) is 5.97. The van der Waals surface area contributed by atoms with E-state index in [4.69, 9.17) is 0 Å². The molecule has 0 fully saturated rings. The van der Waals surface area contributed by atoms with E-state index >= 15 is 0 Å². The smallest absolute Gasteiger partial charge is 0.319 e. The van der Waals surface area contributed by atoms with E-state index in [0.29, 0.717) is 10.6 Å². The second-order valence-electron chi connectivity index (χ2n) is 4.90. The highest BCUT2D eigenvalue weighted by Gasteiger charge is 2.32. The van der Waals surface area contributed by atoms with Gasteiger partial charge in [0.1, 0.15) is 11.4 Å². The molecule has 0 bridgehead atoms. The van der Waals surface area contributed by atoms with Crippen LogP contribution >= 0.6 is 11.9 Å². The third kappa shape index (κ3) is 5.85. The Kier molecular flexibility index (Phi) is 7.00. The van der Waals surface area contributed by atoms with Crippen LogP contribution in [0.2, 0.25) is 0 Å². The Labute approximate surface area is 158 Å². The number of anilines is 1. The Morgan fingerprint density at radius 2 is 1.89 bits per heavy atom. The van der Waals surface area contributed by atoms with E-state index in [1.165, 1.54) is 24.2 Å². The van der Waals surface area contributed by atoms with Gasteiger partial charge in [-0.15, -0.1) is 0 Å². The van der Waals surface area contributed by atoms with Gasteiger partial charge in [0.2, 0.25) is 0 Å². The summed E-state index contributed by atoms with van der Waals surface area (Å²) in [6, 6.07) is 8.95. The highest BCUT2D eigenvalue weighted by atomic mass is 32.2. The summed E-state index contributed by atoms with van der Waals surface area (Å²) in [6.45, 7) is 4.00. The van der Waals surface area contributed by atoms with Crippen molar-refractivity contribution in [1.29, 1.82) is 0 Å². The minimum absolute atomic E-state index is 0.287. The summed E-state index contributed by atoms with van der Waals surface area (Å²) in [6.07, 6.45) is 1.53. The van der Waals surface area contributed by atoms with Crippen LogP contribution in [-0.4, -0.2) is 19.8 Å². The van der Waals surface area contributed by atoms with Crippen molar-refractivity contribution in [2.24, 2.45) is 0 Å². The van der Waals surface area contributed by atoms with Gasteiger partial charge in [-0.1, -0.05) is 19.9 Å². The molecule has 0 spiro atoms. The number of alkyl halides is 3. The predicted molar refractivity (Wildman–Crippen MR) is 98.5 cm³/mol. The minimum atomic E-state index is -4.46. The Bertz CT molecular complexity index is 864. The normalized spacial score (nSPS) is 10.7. The number of hydrogen-bond acceptors (Lipinski definition) is 4. The first-order chi connectivity index (χ1) is 12.9. The zero-order valence-corrected chi connectivity index (χ0v) is 15.4. The van der Waals surface area contributed by atoms with Crippen LogP contribution in [-0.2, 0) is 6.18 Å². The van der Waals surface area contributed by atoms with Crippen molar-refractivity contribution in [2.45, 2.75) is 24.9 Å². The van der Waals surface area contributed by atoms with Gasteiger partial charge in [0.15, 0.2) is 0 Å². The first-order valence-electron chi connectivity index (χ1n) is 8.04. The molecule has 5 nitrogen and oxygen atoms in total. The summed E-state index contributed by atoms with van der Waals surface area (Å²) in [7, 11) is 0. The van der Waals surface area contributed by atoms with E-state index in [-0.39, 0.29) is 11.6 Å². The Hall–Kier alpha value is -2.81. The number of aromatic nitrogens is 3. The molecule has 3 rings (SSSR count). The predicted octanol–water partition coefficient (Wildman–Crippen LogP) is 5.13. The molecule has 0 aliphatic rings. The van der Waals surface area contributed by atoms with Crippen molar-refractivity contribution in [2.75, 3.05) is 5.32 Å². The van der Waals surface area contributed by atoms with Crippen LogP contribution in [0.3, 0.4) is 0 Å². The van der Waals surface area contributed by atoms with Gasteiger partial charge in [-0.25, -0.2) is 0 Å². The number of nitrogens with one attached hydrogen (secondary N) is 1. The molecule has 142 valence electrons. The van der Waals surface area contributed by atoms with E-state index in [1.807, 2.05) is 13.8 Å². The van der Waals surface area contributed by atoms with E-state index in [2.05, 4.69) is 15.3 Å². The van der Waals surface area contributed by atoms with Gasteiger partial charge in [0, 0.05) is 29.7 Å². The first-order valence-corrected chi connectivity index (χ1v) is 8.81. The highest BCUT2D eigenvalue weighted by Crippen LogP contribution is 2.29. The zero-order valence-electron chi connectivity index (χ0n) is 14.6. The van der Waals surface area contributed by atoms with Crippen molar-refractivity contribution in [3.05, 3.63) is 72.6 Å². The van der Waals surface area contributed by atoms with Crippen molar-refractivity contribution in [1.82, 2.24) is 13.9 Å². The van der Waals surface area contributed by atoms with Crippen molar-refractivity contribution in [3.63, 3.8) is 0 Å². The topological polar surface area (TPSA) is 59.8 Å². The summed E-state index contributed by atoms with van der Waals surface area (Å²) in [5.74, 6) is -0.348. The maximum atomic E-state index is 12.5. The summed E-state index contributed by atoms with van der Waals surface area (Å²) in [5, 5.41) is 2.69. The molecule has 0 saturated heterocycles. The number of halogens is 3. The van der Waals surface area contributed by atoms with Crippen molar-refractivity contribution in [3.8, 4) is 0 Å². The maximum Gasteiger partial charge on any atom is 0.433 e. The van der Waals surface area contributed by atoms with Gasteiger partial charge in [-0.3, -0.25) is 18.7 Å². The molecular weight excluding hydrogens is 377 g/mol. The van der Waals surface area contributed by atoms with E-state index in [9.17, 15) is 18.0 Å². The maximum absolute atomic E-state index is 12.5. The van der Waals surface area contributed by atoms with Gasteiger partial charge in [-0.2, -0.15) is 13.2 Å². The molecule has 3 heterocycles. The molecule has 0 saturated carbocycles. The number of amides is 1. The highest BCUT2D eigenvalue weighted by molar-refractivity contribution is 7.97. The molecule has 0 unspecified atom stereocenters. The molecule has 3 aromatic rings. The Morgan fingerprint density at radius 1 is 1.11 bits per heavy atom. The fraction of sp³-hybridized carbons (Fsp3) is 0.167. The molecular formula is C18H17F3N4OS. The van der Waals surface area contributed by atoms with Crippen LogP contribution in [0.15, 0.2) is 66.1 Å². The van der Waals surface area contributed by atoms with Crippen molar-refractivity contribution >= 4 is 23.5 Å². The van der Waals surface area contributed by atoms with E-state index in [1.54, 1.807) is 40.6 Å². The quantitative estimate of drug-likeness (QED) is 0.666. The standard InChI is InChI=1S/C16H11F3N4OS.C2H6/c17-16(18,19)14-5-4-12(9-21-14)25-23-8-6-11(10-23)22-15(24)13-3-1-2-7-20-13;1-2/h1-10H,(H,22,24);1-2H3. The van der Waals surface area contributed by atoms with Gasteiger partial charge in [0.25, 0.3) is 5.91 Å². The van der Waals surface area contributed by atoms with Crippen LogP contribution in [0.25, 0.3) is 0 Å². The summed E-state index contributed by atoms with van der Waals surface area (Å²) in [4.78, 5) is 19.9. The average molecular weight is 394 g/mol. The molecule has 0 aromatic carbocycles. The Morgan fingerprint density at radius 3 is 2.48 bits per heavy atom. The van der Waals surface area contributed by atoms with Crippen LogP contribution in [0, 0.1) is 0 Å². The largest absolute Gasteiger partial charge is 0.433 e. The molecule has 27 heavy (non-hydrogen) atoms. The average Bonchev–Trinajstić information content (AvgIpc) is 3.10. The third-order valence-electron chi connectivity index (χ3n) is 3.06.